The summed E-state index contributed by atoms with van der Waals surface area (Å²) >= 11 is 5.92. The Morgan fingerprint density at radius 3 is 3.18 bits per heavy atom. The van der Waals surface area contributed by atoms with Gasteiger partial charge in [-0.15, -0.1) is 0 Å². The third-order valence-corrected chi connectivity index (χ3v) is 2.62. The van der Waals surface area contributed by atoms with Crippen molar-refractivity contribution in [2.24, 2.45) is 4.99 Å². The number of hydrogen-bond acceptors (Lipinski definition) is 5. The number of aliphatic hydroxyl groups excluding tert-OH is 1. The maximum Gasteiger partial charge on any atom is 0.340 e. The van der Waals surface area contributed by atoms with E-state index in [4.69, 9.17) is 16.3 Å². The maximum atomic E-state index is 11.5. The van der Waals surface area contributed by atoms with Crippen LogP contribution in [0, 0.1) is 0 Å². The third kappa shape index (κ3) is 2.11. The molecule has 0 radical (unpaired) electrons. The van der Waals surface area contributed by atoms with Crippen molar-refractivity contribution < 1.29 is 14.6 Å². The molecular weight excluding hydrogens is 244 g/mol. The molecule has 0 amide bonds. The van der Waals surface area contributed by atoms with Gasteiger partial charge in [0.2, 0.25) is 0 Å². The Morgan fingerprint density at radius 1 is 1.71 bits per heavy atom. The first-order chi connectivity index (χ1) is 8.15. The van der Waals surface area contributed by atoms with E-state index in [9.17, 15) is 9.90 Å². The lowest BCUT2D eigenvalue weighted by Crippen LogP contribution is -2.42. The van der Waals surface area contributed by atoms with Crippen molar-refractivity contribution in [1.82, 2.24) is 4.90 Å². The van der Waals surface area contributed by atoms with Gasteiger partial charge in [0, 0.05) is 12.4 Å². The number of esters is 1. The molecule has 0 aromatic heterocycles. The van der Waals surface area contributed by atoms with Crippen LogP contribution in [0.25, 0.3) is 0 Å². The largest absolute Gasteiger partial charge is 0.462 e. The summed E-state index contributed by atoms with van der Waals surface area (Å²) in [5, 5.41) is 10.4. The Hall–Kier alpha value is -1.59. The zero-order chi connectivity index (χ0) is 12.4. The fourth-order valence-corrected chi connectivity index (χ4v) is 1.75. The number of aliphatic imine (C=N–C) groups is 1. The molecule has 0 bridgehead atoms. The number of carbonyl (C=O) groups excluding carboxylic acids is 1. The second-order valence-corrected chi connectivity index (χ2v) is 3.80. The Balaban J connectivity index is 2.31. The number of amidine groups is 1. The van der Waals surface area contributed by atoms with E-state index in [0.29, 0.717) is 10.9 Å². The van der Waals surface area contributed by atoms with Gasteiger partial charge in [0.1, 0.15) is 5.57 Å². The minimum absolute atomic E-state index is 0.0895. The normalized spacial score (nSPS) is 22.4. The smallest absolute Gasteiger partial charge is 0.340 e. The number of rotatable bonds is 2. The average molecular weight is 255 g/mol. The Morgan fingerprint density at radius 2 is 2.47 bits per heavy atom. The van der Waals surface area contributed by atoms with Gasteiger partial charge in [-0.05, 0) is 19.1 Å². The van der Waals surface area contributed by atoms with Crippen molar-refractivity contribution in [3.8, 4) is 0 Å². The monoisotopic (exact) mass is 254 g/mol. The summed E-state index contributed by atoms with van der Waals surface area (Å²) < 4.78 is 4.82. The molecule has 1 unspecified atom stereocenters. The predicted molar refractivity (Wildman–Crippen MR) is 63.1 cm³/mol. The van der Waals surface area contributed by atoms with E-state index in [2.05, 4.69) is 4.99 Å². The van der Waals surface area contributed by atoms with Crippen molar-refractivity contribution in [2.45, 2.75) is 13.2 Å². The van der Waals surface area contributed by atoms with Crippen LogP contribution in [-0.4, -0.2) is 34.6 Å². The zero-order valence-corrected chi connectivity index (χ0v) is 9.89. The van der Waals surface area contributed by atoms with Gasteiger partial charge in [0.25, 0.3) is 0 Å². The topological polar surface area (TPSA) is 62.1 Å². The van der Waals surface area contributed by atoms with E-state index < -0.39 is 12.2 Å². The Bertz CT molecular complexity index is 465. The average Bonchev–Trinajstić information content (AvgIpc) is 2.31. The molecule has 0 saturated heterocycles. The molecule has 2 aliphatic rings. The molecule has 2 aliphatic heterocycles. The summed E-state index contributed by atoms with van der Waals surface area (Å²) in [6, 6.07) is 0. The SMILES string of the molecule is CCOC(=O)C1=CN=C2C(Cl)=CC=CN2C1O. The van der Waals surface area contributed by atoms with Gasteiger partial charge in [-0.25, -0.2) is 9.79 Å². The fourth-order valence-electron chi connectivity index (χ4n) is 1.53. The highest BCUT2D eigenvalue weighted by Gasteiger charge is 2.32. The second kappa shape index (κ2) is 4.73. The number of carbonyl (C=O) groups is 1. The van der Waals surface area contributed by atoms with Crippen LogP contribution in [0.5, 0.6) is 0 Å². The minimum atomic E-state index is -1.12. The zero-order valence-electron chi connectivity index (χ0n) is 9.13. The first kappa shape index (κ1) is 11.9. The van der Waals surface area contributed by atoms with Crippen LogP contribution in [0.15, 0.2) is 40.1 Å². The Labute approximate surface area is 103 Å². The van der Waals surface area contributed by atoms with Gasteiger partial charge in [0.15, 0.2) is 12.1 Å². The lowest BCUT2D eigenvalue weighted by Gasteiger charge is -2.32. The molecule has 17 heavy (non-hydrogen) atoms. The summed E-state index contributed by atoms with van der Waals surface area (Å²) in [7, 11) is 0. The number of hydrogen-bond donors (Lipinski definition) is 1. The van der Waals surface area contributed by atoms with E-state index in [0.717, 1.165) is 0 Å². The standard InChI is InChI=1S/C11H11ClN2O3/c1-2-17-11(16)7-6-13-9-8(12)4-3-5-14(9)10(7)15/h3-6,10,15H,2H2,1H3. The van der Waals surface area contributed by atoms with E-state index in [1.54, 1.807) is 25.3 Å². The van der Waals surface area contributed by atoms with E-state index >= 15 is 0 Å². The van der Waals surface area contributed by atoms with Gasteiger partial charge in [-0.2, -0.15) is 0 Å². The summed E-state index contributed by atoms with van der Waals surface area (Å²) in [5.41, 5.74) is 0.0895. The highest BCUT2D eigenvalue weighted by atomic mass is 35.5. The van der Waals surface area contributed by atoms with E-state index in [1.807, 2.05) is 0 Å². The number of fused-ring (bicyclic) bond motifs is 1. The van der Waals surface area contributed by atoms with Crippen LogP contribution in [0.3, 0.4) is 0 Å². The summed E-state index contributed by atoms with van der Waals surface area (Å²) in [5.74, 6) is -0.170. The lowest BCUT2D eigenvalue weighted by atomic mass is 10.1. The van der Waals surface area contributed by atoms with Gasteiger partial charge < -0.3 is 14.7 Å². The van der Waals surface area contributed by atoms with E-state index in [1.165, 1.54) is 11.1 Å². The molecule has 0 aromatic rings. The van der Waals surface area contributed by atoms with Crippen LogP contribution in [0.4, 0.5) is 0 Å². The molecule has 1 N–H and O–H groups in total. The van der Waals surface area contributed by atoms with Gasteiger partial charge in [-0.3, -0.25) is 0 Å². The third-order valence-electron chi connectivity index (χ3n) is 2.33. The second-order valence-electron chi connectivity index (χ2n) is 3.39. The van der Waals surface area contributed by atoms with Gasteiger partial charge in [-0.1, -0.05) is 11.6 Å². The summed E-state index contributed by atoms with van der Waals surface area (Å²) in [4.78, 5) is 17.0. The number of nitrogens with zero attached hydrogens (tertiary/aromatic N) is 2. The van der Waals surface area contributed by atoms with Crippen LogP contribution in [0.1, 0.15) is 6.92 Å². The van der Waals surface area contributed by atoms with Crippen LogP contribution in [-0.2, 0) is 9.53 Å². The van der Waals surface area contributed by atoms with Crippen molar-refractivity contribution in [2.75, 3.05) is 6.61 Å². The molecule has 6 heteroatoms. The number of halogens is 1. The highest BCUT2D eigenvalue weighted by Crippen LogP contribution is 2.24. The molecular formula is C11H11ClN2O3. The van der Waals surface area contributed by atoms with Crippen molar-refractivity contribution in [1.29, 1.82) is 0 Å². The predicted octanol–water partition coefficient (Wildman–Crippen LogP) is 1.12. The molecule has 0 fully saturated rings. The van der Waals surface area contributed by atoms with Crippen molar-refractivity contribution in [3.05, 3.63) is 35.2 Å². The molecule has 0 aromatic carbocycles. The summed E-state index contributed by atoms with van der Waals surface area (Å²) in [6.07, 6.45) is 5.08. The molecule has 0 saturated carbocycles. The minimum Gasteiger partial charge on any atom is -0.462 e. The molecule has 2 heterocycles. The highest BCUT2D eigenvalue weighted by molar-refractivity contribution is 6.43. The molecule has 5 nitrogen and oxygen atoms in total. The molecule has 2 rings (SSSR count). The first-order valence-electron chi connectivity index (χ1n) is 5.11. The van der Waals surface area contributed by atoms with Crippen molar-refractivity contribution in [3.63, 3.8) is 0 Å². The molecule has 0 spiro atoms. The van der Waals surface area contributed by atoms with Crippen LogP contribution < -0.4 is 0 Å². The fraction of sp³-hybridized carbons (Fsp3) is 0.273. The quantitative estimate of drug-likeness (QED) is 0.750. The van der Waals surface area contributed by atoms with Gasteiger partial charge in [0.05, 0.1) is 11.6 Å². The summed E-state index contributed by atoms with van der Waals surface area (Å²) in [6.45, 7) is 1.94. The lowest BCUT2D eigenvalue weighted by molar-refractivity contribution is -0.140. The van der Waals surface area contributed by atoms with Crippen LogP contribution in [0.2, 0.25) is 0 Å². The molecule has 90 valence electrons. The van der Waals surface area contributed by atoms with Crippen LogP contribution >= 0.6 is 11.6 Å². The first-order valence-corrected chi connectivity index (χ1v) is 5.48. The number of allylic oxidation sites excluding steroid dienone is 2. The number of aliphatic hydroxyl groups is 1. The molecule has 0 aliphatic carbocycles. The number of ether oxygens (including phenoxy) is 1. The maximum absolute atomic E-state index is 11.5. The van der Waals surface area contributed by atoms with Gasteiger partial charge >= 0.3 is 5.97 Å². The van der Waals surface area contributed by atoms with E-state index in [-0.39, 0.29) is 12.2 Å². The molecule has 1 atom stereocenters. The van der Waals surface area contributed by atoms with Crippen molar-refractivity contribution >= 4 is 23.4 Å². The Kier molecular flexibility index (Phi) is 3.31.